The number of alkyl halides is 3. The van der Waals surface area contributed by atoms with Crippen LogP contribution < -0.4 is 0 Å². The number of rotatable bonds is 3. The fraction of sp³-hybridized carbons (Fsp3) is 0.294. The summed E-state index contributed by atoms with van der Waals surface area (Å²) in [7, 11) is 0. The van der Waals surface area contributed by atoms with Gasteiger partial charge in [0.15, 0.2) is 0 Å². The van der Waals surface area contributed by atoms with Crippen molar-refractivity contribution in [1.82, 2.24) is 4.90 Å². The Morgan fingerprint density at radius 3 is 2.40 bits per heavy atom. The summed E-state index contributed by atoms with van der Waals surface area (Å²) in [5, 5.41) is 11.5. The smallest absolute Gasteiger partial charge is 0.417 e. The number of likely N-dealkylation sites (tertiary alicyclic amines) is 1. The van der Waals surface area contributed by atoms with Crippen molar-refractivity contribution in [2.75, 3.05) is 13.1 Å². The fourth-order valence-corrected chi connectivity index (χ4v) is 3.94. The van der Waals surface area contributed by atoms with E-state index < -0.39 is 41.0 Å². The SMILES string of the molecule is O=C(O)[C@@H]1CN(C(=O)c2cscc2C(F)(F)F)C[C@@H]1c1ccccc1. The van der Waals surface area contributed by atoms with Gasteiger partial charge in [-0.05, 0) is 5.56 Å². The van der Waals surface area contributed by atoms with Gasteiger partial charge in [-0.25, -0.2) is 0 Å². The van der Waals surface area contributed by atoms with Crippen molar-refractivity contribution < 1.29 is 27.9 Å². The number of hydrogen-bond donors (Lipinski definition) is 1. The van der Waals surface area contributed by atoms with Crippen molar-refractivity contribution in [3.05, 3.63) is 57.8 Å². The minimum Gasteiger partial charge on any atom is -0.481 e. The van der Waals surface area contributed by atoms with Gasteiger partial charge in [0.1, 0.15) is 0 Å². The molecule has 1 aromatic carbocycles. The lowest BCUT2D eigenvalue weighted by Gasteiger charge is -2.17. The number of hydrogen-bond acceptors (Lipinski definition) is 3. The summed E-state index contributed by atoms with van der Waals surface area (Å²) in [6, 6.07) is 8.84. The van der Waals surface area contributed by atoms with E-state index in [1.54, 1.807) is 30.3 Å². The number of halogens is 3. The number of thiophene rings is 1. The van der Waals surface area contributed by atoms with E-state index in [1.165, 1.54) is 4.90 Å². The molecule has 0 spiro atoms. The Balaban J connectivity index is 1.88. The number of benzene rings is 1. The second-order valence-corrected chi connectivity index (χ2v) is 6.61. The van der Waals surface area contributed by atoms with Gasteiger partial charge in [0.05, 0.1) is 17.0 Å². The molecule has 0 bridgehead atoms. The van der Waals surface area contributed by atoms with Gasteiger partial charge in [-0.1, -0.05) is 30.3 Å². The van der Waals surface area contributed by atoms with Crippen LogP contribution in [0, 0.1) is 5.92 Å². The van der Waals surface area contributed by atoms with Crippen LogP contribution in [0.1, 0.15) is 27.4 Å². The maximum atomic E-state index is 13.0. The van der Waals surface area contributed by atoms with Crippen molar-refractivity contribution in [3.63, 3.8) is 0 Å². The minimum absolute atomic E-state index is 0.0763. The molecule has 1 aliphatic heterocycles. The second kappa shape index (κ2) is 6.51. The molecule has 0 unspecified atom stereocenters. The Morgan fingerprint density at radius 1 is 1.12 bits per heavy atom. The van der Waals surface area contributed by atoms with Crippen molar-refractivity contribution in [1.29, 1.82) is 0 Å². The molecule has 0 radical (unpaired) electrons. The Hall–Kier alpha value is -2.35. The molecule has 4 nitrogen and oxygen atoms in total. The van der Waals surface area contributed by atoms with E-state index in [4.69, 9.17) is 0 Å². The maximum absolute atomic E-state index is 13.0. The first-order chi connectivity index (χ1) is 11.8. The van der Waals surface area contributed by atoms with Gasteiger partial charge >= 0.3 is 12.1 Å². The van der Waals surface area contributed by atoms with E-state index in [1.807, 2.05) is 0 Å². The van der Waals surface area contributed by atoms with Gasteiger partial charge in [0.2, 0.25) is 0 Å². The maximum Gasteiger partial charge on any atom is 0.417 e. The molecule has 2 heterocycles. The molecular weight excluding hydrogens is 355 g/mol. The molecule has 1 saturated heterocycles. The molecule has 1 fully saturated rings. The third-order valence-corrected chi connectivity index (χ3v) is 5.09. The highest BCUT2D eigenvalue weighted by molar-refractivity contribution is 7.08. The van der Waals surface area contributed by atoms with Gasteiger partial charge in [0, 0.05) is 29.8 Å². The lowest BCUT2D eigenvalue weighted by atomic mass is 9.89. The number of amides is 1. The Morgan fingerprint density at radius 2 is 1.80 bits per heavy atom. The van der Waals surface area contributed by atoms with Crippen LogP contribution in [0.15, 0.2) is 41.1 Å². The normalized spacial score (nSPS) is 20.7. The highest BCUT2D eigenvalue weighted by atomic mass is 32.1. The largest absolute Gasteiger partial charge is 0.481 e. The minimum atomic E-state index is -4.62. The van der Waals surface area contributed by atoms with E-state index in [0.717, 1.165) is 27.7 Å². The van der Waals surface area contributed by atoms with Gasteiger partial charge in [-0.15, -0.1) is 0 Å². The molecule has 25 heavy (non-hydrogen) atoms. The second-order valence-electron chi connectivity index (χ2n) is 5.87. The molecule has 132 valence electrons. The average molecular weight is 369 g/mol. The van der Waals surface area contributed by atoms with Crippen LogP contribution in [0.3, 0.4) is 0 Å². The third-order valence-electron chi connectivity index (χ3n) is 4.35. The van der Waals surface area contributed by atoms with Crippen LogP contribution in [-0.2, 0) is 11.0 Å². The number of carboxylic acids is 1. The highest BCUT2D eigenvalue weighted by Gasteiger charge is 2.43. The zero-order valence-corrected chi connectivity index (χ0v) is 13.7. The molecule has 1 aromatic heterocycles. The lowest BCUT2D eigenvalue weighted by molar-refractivity contribution is -0.141. The number of nitrogens with zero attached hydrogens (tertiary/aromatic N) is 1. The van der Waals surface area contributed by atoms with Crippen molar-refractivity contribution >= 4 is 23.2 Å². The average Bonchev–Trinajstić information content (AvgIpc) is 3.22. The van der Waals surface area contributed by atoms with Gasteiger partial charge in [-0.2, -0.15) is 24.5 Å². The molecule has 0 saturated carbocycles. The van der Waals surface area contributed by atoms with Crippen molar-refractivity contribution in [2.24, 2.45) is 5.92 Å². The third kappa shape index (κ3) is 3.39. The zero-order valence-electron chi connectivity index (χ0n) is 12.9. The molecule has 0 aliphatic carbocycles. The van der Waals surface area contributed by atoms with Gasteiger partial charge in [0.25, 0.3) is 5.91 Å². The number of carboxylic acid groups (broad SMARTS) is 1. The molecule has 1 amide bonds. The Labute approximate surface area is 145 Å². The highest BCUT2D eigenvalue weighted by Crippen LogP contribution is 2.37. The zero-order chi connectivity index (χ0) is 18.2. The van der Waals surface area contributed by atoms with Gasteiger partial charge < -0.3 is 10.0 Å². The summed E-state index contributed by atoms with van der Waals surface area (Å²) >= 11 is 0.801. The van der Waals surface area contributed by atoms with E-state index in [2.05, 4.69) is 0 Å². The van der Waals surface area contributed by atoms with Crippen molar-refractivity contribution in [2.45, 2.75) is 12.1 Å². The van der Waals surface area contributed by atoms with E-state index in [0.29, 0.717) is 0 Å². The van der Waals surface area contributed by atoms with Crippen LogP contribution in [0.2, 0.25) is 0 Å². The number of carbonyl (C=O) groups excluding carboxylic acids is 1. The quantitative estimate of drug-likeness (QED) is 0.897. The van der Waals surface area contributed by atoms with E-state index in [-0.39, 0.29) is 13.1 Å². The summed E-state index contributed by atoms with van der Waals surface area (Å²) in [5.74, 6) is -3.14. The summed E-state index contributed by atoms with van der Waals surface area (Å²) in [5.41, 5.74) is -0.639. The molecule has 1 N–H and O–H groups in total. The fourth-order valence-electron chi connectivity index (χ4n) is 3.11. The molecule has 2 atom stereocenters. The summed E-state index contributed by atoms with van der Waals surface area (Å²) in [6.07, 6.45) is -4.62. The number of carbonyl (C=O) groups is 2. The summed E-state index contributed by atoms with van der Waals surface area (Å²) in [4.78, 5) is 25.3. The van der Waals surface area contributed by atoms with E-state index in [9.17, 15) is 27.9 Å². The molecular formula is C17H14F3NO3S. The first kappa shape index (κ1) is 17.5. The van der Waals surface area contributed by atoms with Crippen molar-refractivity contribution in [3.8, 4) is 0 Å². The predicted molar refractivity (Wildman–Crippen MR) is 85.5 cm³/mol. The standard InChI is InChI=1S/C17H14F3NO3S/c18-17(19,20)14-9-25-8-13(14)15(22)21-6-11(12(7-21)16(23)24)10-4-2-1-3-5-10/h1-5,8-9,11-12H,6-7H2,(H,23,24)/t11-,12-/m1/s1. The number of aliphatic carboxylic acids is 1. The monoisotopic (exact) mass is 369 g/mol. The van der Waals surface area contributed by atoms with Crippen LogP contribution in [0.4, 0.5) is 13.2 Å². The van der Waals surface area contributed by atoms with Crippen LogP contribution >= 0.6 is 11.3 Å². The summed E-state index contributed by atoms with van der Waals surface area (Å²) in [6.45, 7) is -0.0339. The van der Waals surface area contributed by atoms with Crippen LogP contribution in [-0.4, -0.2) is 35.0 Å². The van der Waals surface area contributed by atoms with Crippen LogP contribution in [0.25, 0.3) is 0 Å². The van der Waals surface area contributed by atoms with Gasteiger partial charge in [-0.3, -0.25) is 9.59 Å². The van der Waals surface area contributed by atoms with E-state index >= 15 is 0 Å². The predicted octanol–water partition coefficient (Wildman–Crippen LogP) is 3.71. The Kier molecular flexibility index (Phi) is 4.55. The molecule has 8 heteroatoms. The Bertz CT molecular complexity index is 788. The molecule has 3 rings (SSSR count). The van der Waals surface area contributed by atoms with Crippen LogP contribution in [0.5, 0.6) is 0 Å². The first-order valence-corrected chi connectivity index (χ1v) is 8.43. The molecule has 1 aliphatic rings. The molecule has 2 aromatic rings. The topological polar surface area (TPSA) is 57.6 Å². The summed E-state index contributed by atoms with van der Waals surface area (Å²) < 4.78 is 39.1. The lowest BCUT2D eigenvalue weighted by Crippen LogP contribution is -2.31. The first-order valence-electron chi connectivity index (χ1n) is 7.49.